The van der Waals surface area contributed by atoms with Crippen LogP contribution in [0, 0.1) is 0 Å². The minimum atomic E-state index is 0.0374. The Kier molecular flexibility index (Phi) is 7.05. The van der Waals surface area contributed by atoms with Crippen LogP contribution in [-0.2, 0) is 11.3 Å². The molecule has 4 nitrogen and oxygen atoms in total. The molecule has 0 radical (unpaired) electrons. The second kappa shape index (κ2) is 9.49. The predicted octanol–water partition coefficient (Wildman–Crippen LogP) is 4.45. The van der Waals surface area contributed by atoms with Gasteiger partial charge in [-0.15, -0.1) is 0 Å². The zero-order chi connectivity index (χ0) is 19.2. The van der Waals surface area contributed by atoms with Crippen LogP contribution in [0.3, 0.4) is 0 Å². The van der Waals surface area contributed by atoms with E-state index in [9.17, 15) is 4.79 Å². The van der Waals surface area contributed by atoms with Gasteiger partial charge in [0.05, 0.1) is 6.54 Å². The van der Waals surface area contributed by atoms with Crippen LogP contribution in [0.5, 0.6) is 5.75 Å². The first kappa shape index (κ1) is 20.1. The van der Waals surface area contributed by atoms with E-state index in [1.165, 1.54) is 0 Å². The van der Waals surface area contributed by atoms with Crippen LogP contribution in [0.4, 0.5) is 5.69 Å². The molecule has 2 aromatic rings. The third-order valence-electron chi connectivity index (χ3n) is 4.76. The standard InChI is InChI=1S/C21H25ClN2O2S/c22-16-3-1-15(2-4-16)14-24(21(25)11-12-27)18-6-9-19(10-7-18)26-20-8-5-17(23)13-20/h1-4,6-7,9-10,17,20,27H,5,8,11-14,23H2/t17-,20-/m1/s1. The van der Waals surface area contributed by atoms with Gasteiger partial charge in [-0.2, -0.15) is 12.6 Å². The Hall–Kier alpha value is -1.69. The minimum absolute atomic E-state index is 0.0374. The van der Waals surface area contributed by atoms with Gasteiger partial charge in [-0.3, -0.25) is 4.79 Å². The topological polar surface area (TPSA) is 55.6 Å². The lowest BCUT2D eigenvalue weighted by atomic mass is 10.1. The van der Waals surface area contributed by atoms with Crippen molar-refractivity contribution in [2.45, 2.75) is 44.4 Å². The van der Waals surface area contributed by atoms with Crippen LogP contribution in [0.2, 0.25) is 5.02 Å². The first-order chi connectivity index (χ1) is 13.0. The molecule has 1 aliphatic carbocycles. The number of thiol groups is 1. The maximum Gasteiger partial charge on any atom is 0.228 e. The lowest BCUT2D eigenvalue weighted by Crippen LogP contribution is -2.30. The van der Waals surface area contributed by atoms with Crippen molar-refractivity contribution in [1.82, 2.24) is 0 Å². The van der Waals surface area contributed by atoms with Crippen molar-refractivity contribution in [2.75, 3.05) is 10.7 Å². The summed E-state index contributed by atoms with van der Waals surface area (Å²) in [6, 6.07) is 15.5. The lowest BCUT2D eigenvalue weighted by Gasteiger charge is -2.23. The number of carbonyl (C=O) groups is 1. The highest BCUT2D eigenvalue weighted by atomic mass is 35.5. The third kappa shape index (κ3) is 5.64. The molecule has 0 unspecified atom stereocenters. The van der Waals surface area contributed by atoms with Crippen molar-refractivity contribution < 1.29 is 9.53 Å². The largest absolute Gasteiger partial charge is 0.490 e. The average Bonchev–Trinajstić information content (AvgIpc) is 3.07. The Morgan fingerprint density at radius 1 is 1.15 bits per heavy atom. The maximum atomic E-state index is 12.6. The summed E-state index contributed by atoms with van der Waals surface area (Å²) in [6.45, 7) is 0.488. The molecule has 0 aliphatic heterocycles. The quantitative estimate of drug-likeness (QED) is 0.670. The van der Waals surface area contributed by atoms with Crippen LogP contribution >= 0.6 is 24.2 Å². The fourth-order valence-corrected chi connectivity index (χ4v) is 3.62. The number of benzene rings is 2. The number of carbonyl (C=O) groups excluding carboxylic acids is 1. The highest BCUT2D eigenvalue weighted by Crippen LogP contribution is 2.27. The van der Waals surface area contributed by atoms with Crippen molar-refractivity contribution in [3.05, 3.63) is 59.1 Å². The smallest absolute Gasteiger partial charge is 0.228 e. The van der Waals surface area contributed by atoms with Gasteiger partial charge in [0.25, 0.3) is 0 Å². The normalized spacial score (nSPS) is 19.1. The molecular formula is C21H25ClN2O2S. The molecule has 1 aliphatic rings. The Labute approximate surface area is 171 Å². The zero-order valence-corrected chi connectivity index (χ0v) is 16.8. The van der Waals surface area contributed by atoms with Gasteiger partial charge < -0.3 is 15.4 Å². The summed E-state index contributed by atoms with van der Waals surface area (Å²) < 4.78 is 6.01. The maximum absolute atomic E-state index is 12.6. The van der Waals surface area contributed by atoms with E-state index in [2.05, 4.69) is 12.6 Å². The van der Waals surface area contributed by atoms with Crippen molar-refractivity contribution in [2.24, 2.45) is 5.73 Å². The monoisotopic (exact) mass is 404 g/mol. The molecule has 1 fully saturated rings. The molecule has 144 valence electrons. The number of nitrogens with two attached hydrogens (primary N) is 1. The Bertz CT molecular complexity index is 752. The van der Waals surface area contributed by atoms with E-state index in [0.717, 1.165) is 36.3 Å². The van der Waals surface area contributed by atoms with Crippen LogP contribution in [0.25, 0.3) is 0 Å². The van der Waals surface area contributed by atoms with Gasteiger partial charge in [-0.25, -0.2) is 0 Å². The molecule has 0 aromatic heterocycles. The molecule has 0 bridgehead atoms. The number of ether oxygens (including phenoxy) is 1. The van der Waals surface area contributed by atoms with Gasteiger partial charge in [-0.05, 0) is 67.0 Å². The van der Waals surface area contributed by atoms with E-state index >= 15 is 0 Å². The average molecular weight is 405 g/mol. The second-order valence-electron chi connectivity index (χ2n) is 6.89. The molecule has 1 saturated carbocycles. The van der Waals surface area contributed by atoms with E-state index in [-0.39, 0.29) is 18.1 Å². The van der Waals surface area contributed by atoms with E-state index in [4.69, 9.17) is 22.1 Å². The van der Waals surface area contributed by atoms with Crippen molar-refractivity contribution >= 4 is 35.8 Å². The number of halogens is 1. The van der Waals surface area contributed by atoms with Gasteiger partial charge in [-0.1, -0.05) is 23.7 Å². The molecule has 2 N–H and O–H groups in total. The number of hydrogen-bond acceptors (Lipinski definition) is 4. The first-order valence-electron chi connectivity index (χ1n) is 9.23. The SMILES string of the molecule is N[C@@H]1CC[C@@H](Oc2ccc(N(Cc3ccc(Cl)cc3)C(=O)CCS)cc2)C1. The molecule has 0 spiro atoms. The summed E-state index contributed by atoms with van der Waals surface area (Å²) in [5.41, 5.74) is 7.81. The lowest BCUT2D eigenvalue weighted by molar-refractivity contribution is -0.118. The van der Waals surface area contributed by atoms with Gasteiger partial charge in [0.1, 0.15) is 11.9 Å². The number of rotatable bonds is 7. The molecule has 1 amide bonds. The number of hydrogen-bond donors (Lipinski definition) is 2. The molecule has 0 saturated heterocycles. The Balaban J connectivity index is 1.73. The summed E-state index contributed by atoms with van der Waals surface area (Å²) >= 11 is 10.2. The van der Waals surface area contributed by atoms with Crippen LogP contribution in [-0.4, -0.2) is 23.8 Å². The predicted molar refractivity (Wildman–Crippen MR) is 114 cm³/mol. The molecular weight excluding hydrogens is 380 g/mol. The van der Waals surface area contributed by atoms with Crippen molar-refractivity contribution in [3.8, 4) is 5.75 Å². The van der Waals surface area contributed by atoms with Gasteiger partial charge >= 0.3 is 0 Å². The van der Waals surface area contributed by atoms with Crippen LogP contribution < -0.4 is 15.4 Å². The molecule has 2 aromatic carbocycles. The summed E-state index contributed by atoms with van der Waals surface area (Å²) in [4.78, 5) is 14.4. The Morgan fingerprint density at radius 2 is 1.85 bits per heavy atom. The van der Waals surface area contributed by atoms with E-state index in [0.29, 0.717) is 23.7 Å². The van der Waals surface area contributed by atoms with Gasteiger partial charge in [0, 0.05) is 23.2 Å². The zero-order valence-electron chi connectivity index (χ0n) is 15.2. The highest BCUT2D eigenvalue weighted by molar-refractivity contribution is 7.80. The van der Waals surface area contributed by atoms with Crippen molar-refractivity contribution in [3.63, 3.8) is 0 Å². The number of amides is 1. The summed E-state index contributed by atoms with van der Waals surface area (Å²) in [7, 11) is 0. The molecule has 2 atom stereocenters. The fraction of sp³-hybridized carbons (Fsp3) is 0.381. The van der Waals surface area contributed by atoms with Gasteiger partial charge in [0.2, 0.25) is 5.91 Å². The highest BCUT2D eigenvalue weighted by Gasteiger charge is 2.23. The molecule has 0 heterocycles. The van der Waals surface area contributed by atoms with Gasteiger partial charge in [0.15, 0.2) is 0 Å². The molecule has 6 heteroatoms. The molecule has 3 rings (SSSR count). The minimum Gasteiger partial charge on any atom is -0.490 e. The van der Waals surface area contributed by atoms with Crippen LogP contribution in [0.15, 0.2) is 48.5 Å². The number of nitrogens with zero attached hydrogens (tertiary/aromatic N) is 1. The summed E-state index contributed by atoms with van der Waals surface area (Å²) in [6.07, 6.45) is 3.46. The van der Waals surface area contributed by atoms with Crippen LogP contribution in [0.1, 0.15) is 31.2 Å². The van der Waals surface area contributed by atoms with E-state index < -0.39 is 0 Å². The molecule has 27 heavy (non-hydrogen) atoms. The van der Waals surface area contributed by atoms with E-state index in [1.54, 1.807) is 4.90 Å². The summed E-state index contributed by atoms with van der Waals surface area (Å²) in [5.74, 6) is 1.36. The van der Waals surface area contributed by atoms with Crippen molar-refractivity contribution in [1.29, 1.82) is 0 Å². The Morgan fingerprint density at radius 3 is 2.44 bits per heavy atom. The number of anilines is 1. The first-order valence-corrected chi connectivity index (χ1v) is 10.2. The second-order valence-corrected chi connectivity index (χ2v) is 7.77. The van der Waals surface area contributed by atoms with E-state index in [1.807, 2.05) is 48.5 Å². The summed E-state index contributed by atoms with van der Waals surface area (Å²) in [5, 5.41) is 0.681. The fourth-order valence-electron chi connectivity index (χ4n) is 3.30. The third-order valence-corrected chi connectivity index (χ3v) is 5.23.